The Kier molecular flexibility index (Phi) is 2.61. The van der Waals surface area contributed by atoms with Gasteiger partial charge in [0.2, 0.25) is 0 Å². The monoisotopic (exact) mass is 144 g/mol. The number of allylic oxidation sites excluding steroid dienone is 2. The van der Waals surface area contributed by atoms with E-state index in [0.29, 0.717) is 5.25 Å². The molecule has 0 spiro atoms. The third-order valence-electron chi connectivity index (χ3n) is 1.68. The zero-order valence-electron chi connectivity index (χ0n) is 5.63. The molecule has 1 unspecified atom stereocenters. The third-order valence-corrected chi connectivity index (χ3v) is 2.38. The first-order chi connectivity index (χ1) is 4.33. The number of hydrogen-bond donors (Lipinski definition) is 1. The third kappa shape index (κ3) is 2.03. The SMILES string of the molecule is CC1=CCCC(SO)C1. The lowest BCUT2D eigenvalue weighted by Crippen LogP contribution is -2.06. The van der Waals surface area contributed by atoms with Gasteiger partial charge in [-0.2, -0.15) is 0 Å². The Labute approximate surface area is 60.4 Å². The fourth-order valence-corrected chi connectivity index (χ4v) is 1.73. The molecule has 2 heteroatoms. The van der Waals surface area contributed by atoms with Gasteiger partial charge in [-0.15, -0.1) is 0 Å². The van der Waals surface area contributed by atoms with Crippen molar-refractivity contribution >= 4 is 12.0 Å². The highest BCUT2D eigenvalue weighted by Crippen LogP contribution is 2.25. The maximum atomic E-state index is 8.70. The van der Waals surface area contributed by atoms with Crippen molar-refractivity contribution in [3.05, 3.63) is 11.6 Å². The molecule has 0 saturated carbocycles. The van der Waals surface area contributed by atoms with Gasteiger partial charge in [-0.3, -0.25) is 0 Å². The molecule has 1 atom stereocenters. The van der Waals surface area contributed by atoms with E-state index in [2.05, 4.69) is 13.0 Å². The van der Waals surface area contributed by atoms with Gasteiger partial charge in [0.15, 0.2) is 0 Å². The fraction of sp³-hybridized carbons (Fsp3) is 0.714. The van der Waals surface area contributed by atoms with E-state index in [1.807, 2.05) is 0 Å². The Balaban J connectivity index is 2.39. The lowest BCUT2D eigenvalue weighted by Gasteiger charge is -2.16. The van der Waals surface area contributed by atoms with Gasteiger partial charge in [0.05, 0.1) is 0 Å². The van der Waals surface area contributed by atoms with Crippen LogP contribution in [0.4, 0.5) is 0 Å². The molecule has 0 saturated heterocycles. The van der Waals surface area contributed by atoms with Gasteiger partial charge in [0, 0.05) is 5.25 Å². The first-order valence-corrected chi connectivity index (χ1v) is 4.12. The molecule has 0 heterocycles. The van der Waals surface area contributed by atoms with Crippen LogP contribution in [0.1, 0.15) is 26.2 Å². The van der Waals surface area contributed by atoms with Gasteiger partial charge in [0.1, 0.15) is 0 Å². The molecule has 0 fully saturated rings. The quantitative estimate of drug-likeness (QED) is 0.451. The number of hydrogen-bond acceptors (Lipinski definition) is 2. The maximum Gasteiger partial charge on any atom is 0.0348 e. The minimum absolute atomic E-state index is 0.468. The Hall–Kier alpha value is 0.0500. The fourth-order valence-electron chi connectivity index (χ4n) is 1.15. The van der Waals surface area contributed by atoms with Crippen LogP contribution in [0.5, 0.6) is 0 Å². The van der Waals surface area contributed by atoms with Crippen LogP contribution in [0.25, 0.3) is 0 Å². The highest BCUT2D eigenvalue weighted by Gasteiger charge is 2.11. The molecule has 1 aliphatic carbocycles. The summed E-state index contributed by atoms with van der Waals surface area (Å²) in [6.45, 7) is 2.13. The summed E-state index contributed by atoms with van der Waals surface area (Å²) >= 11 is 1.01. The van der Waals surface area contributed by atoms with Crippen LogP contribution in [0.15, 0.2) is 11.6 Å². The first kappa shape index (κ1) is 7.16. The minimum atomic E-state index is 0.468. The molecule has 1 rings (SSSR count). The van der Waals surface area contributed by atoms with Gasteiger partial charge in [-0.05, 0) is 38.2 Å². The van der Waals surface area contributed by atoms with Gasteiger partial charge in [-0.25, -0.2) is 0 Å². The summed E-state index contributed by atoms with van der Waals surface area (Å²) in [5, 5.41) is 0.468. The summed E-state index contributed by atoms with van der Waals surface area (Å²) in [4.78, 5) is 0. The van der Waals surface area contributed by atoms with Crippen LogP contribution in [-0.2, 0) is 0 Å². The molecule has 1 aliphatic rings. The predicted octanol–water partition coefficient (Wildman–Crippen LogP) is 2.69. The maximum absolute atomic E-state index is 8.70. The molecular weight excluding hydrogens is 132 g/mol. The molecule has 0 aromatic heterocycles. The van der Waals surface area contributed by atoms with Crippen molar-refractivity contribution in [3.63, 3.8) is 0 Å². The van der Waals surface area contributed by atoms with E-state index in [4.69, 9.17) is 4.55 Å². The molecule has 0 amide bonds. The second-order valence-corrected chi connectivity index (χ2v) is 3.44. The Morgan fingerprint density at radius 1 is 1.78 bits per heavy atom. The van der Waals surface area contributed by atoms with Crippen molar-refractivity contribution in [2.75, 3.05) is 0 Å². The molecule has 1 nitrogen and oxygen atoms in total. The first-order valence-electron chi connectivity index (χ1n) is 3.29. The summed E-state index contributed by atoms with van der Waals surface area (Å²) in [6, 6.07) is 0. The second kappa shape index (κ2) is 3.28. The summed E-state index contributed by atoms with van der Waals surface area (Å²) in [5.74, 6) is 0. The van der Waals surface area contributed by atoms with E-state index in [9.17, 15) is 0 Å². The predicted molar refractivity (Wildman–Crippen MR) is 41.6 cm³/mol. The molecular formula is C7H12OS. The molecule has 9 heavy (non-hydrogen) atoms. The number of rotatable bonds is 1. The average molecular weight is 144 g/mol. The van der Waals surface area contributed by atoms with E-state index < -0.39 is 0 Å². The Morgan fingerprint density at radius 2 is 2.56 bits per heavy atom. The van der Waals surface area contributed by atoms with Crippen molar-refractivity contribution in [3.8, 4) is 0 Å². The summed E-state index contributed by atoms with van der Waals surface area (Å²) in [6.07, 6.45) is 5.61. The van der Waals surface area contributed by atoms with Crippen molar-refractivity contribution in [1.29, 1.82) is 0 Å². The second-order valence-electron chi connectivity index (χ2n) is 2.56. The van der Waals surface area contributed by atoms with E-state index in [1.54, 1.807) is 0 Å². The standard InChI is InChI=1S/C7H12OS/c1-6-3-2-4-7(5-6)9-8/h3,7-8H,2,4-5H2,1H3. The van der Waals surface area contributed by atoms with Gasteiger partial charge in [-0.1, -0.05) is 11.6 Å². The Morgan fingerprint density at radius 3 is 3.00 bits per heavy atom. The van der Waals surface area contributed by atoms with E-state index in [0.717, 1.165) is 31.3 Å². The normalized spacial score (nSPS) is 27.8. The zero-order chi connectivity index (χ0) is 6.69. The Bertz CT molecular complexity index is 120. The molecule has 0 aliphatic heterocycles. The van der Waals surface area contributed by atoms with Gasteiger partial charge < -0.3 is 4.55 Å². The molecule has 52 valence electrons. The summed E-state index contributed by atoms with van der Waals surface area (Å²) in [5.41, 5.74) is 1.42. The molecule has 0 aromatic rings. The van der Waals surface area contributed by atoms with E-state index in [1.165, 1.54) is 5.57 Å². The largest absolute Gasteiger partial charge is 0.330 e. The van der Waals surface area contributed by atoms with Crippen LogP contribution in [0.2, 0.25) is 0 Å². The van der Waals surface area contributed by atoms with Crippen LogP contribution >= 0.6 is 12.0 Å². The van der Waals surface area contributed by atoms with E-state index in [-0.39, 0.29) is 0 Å². The van der Waals surface area contributed by atoms with Crippen molar-refractivity contribution in [2.24, 2.45) is 0 Å². The van der Waals surface area contributed by atoms with Crippen LogP contribution in [-0.4, -0.2) is 9.80 Å². The average Bonchev–Trinajstić information content (AvgIpc) is 1.88. The highest BCUT2D eigenvalue weighted by molar-refractivity contribution is 7.94. The molecule has 1 N–H and O–H groups in total. The zero-order valence-corrected chi connectivity index (χ0v) is 6.45. The highest BCUT2D eigenvalue weighted by atomic mass is 32.2. The molecule has 0 bridgehead atoms. The van der Waals surface area contributed by atoms with Crippen LogP contribution < -0.4 is 0 Å². The smallest absolute Gasteiger partial charge is 0.0348 e. The van der Waals surface area contributed by atoms with Gasteiger partial charge >= 0.3 is 0 Å². The van der Waals surface area contributed by atoms with Crippen molar-refractivity contribution < 1.29 is 4.55 Å². The summed E-state index contributed by atoms with van der Waals surface area (Å²) < 4.78 is 8.70. The minimum Gasteiger partial charge on any atom is -0.330 e. The topological polar surface area (TPSA) is 20.2 Å². The lowest BCUT2D eigenvalue weighted by molar-refractivity contribution is 0.622. The van der Waals surface area contributed by atoms with E-state index >= 15 is 0 Å². The van der Waals surface area contributed by atoms with Crippen LogP contribution in [0.3, 0.4) is 0 Å². The van der Waals surface area contributed by atoms with Gasteiger partial charge in [0.25, 0.3) is 0 Å². The summed E-state index contributed by atoms with van der Waals surface area (Å²) in [7, 11) is 0. The lowest BCUT2D eigenvalue weighted by atomic mass is 10.0. The van der Waals surface area contributed by atoms with Crippen molar-refractivity contribution in [1.82, 2.24) is 0 Å². The van der Waals surface area contributed by atoms with Crippen LogP contribution in [0, 0.1) is 0 Å². The molecule has 0 radical (unpaired) electrons. The molecule has 0 aromatic carbocycles. The van der Waals surface area contributed by atoms with Crippen molar-refractivity contribution in [2.45, 2.75) is 31.4 Å².